The van der Waals surface area contributed by atoms with Crippen molar-refractivity contribution in [1.29, 1.82) is 0 Å². The van der Waals surface area contributed by atoms with E-state index in [0.29, 0.717) is 22.7 Å². The zero-order chi connectivity index (χ0) is 19.5. The fourth-order valence-electron chi connectivity index (χ4n) is 3.12. The number of hydrogen-bond acceptors (Lipinski definition) is 3. The molecule has 0 saturated heterocycles. The van der Waals surface area contributed by atoms with Gasteiger partial charge in [0.05, 0.1) is 17.0 Å². The highest BCUT2D eigenvalue weighted by molar-refractivity contribution is 6.14. The van der Waals surface area contributed by atoms with E-state index in [9.17, 15) is 9.90 Å². The number of aromatic amines is 1. The molecule has 0 saturated carbocycles. The number of aliphatic imine (C=N–C) groups is 1. The van der Waals surface area contributed by atoms with E-state index in [1.807, 2.05) is 67.6 Å². The molecule has 0 fully saturated rings. The Morgan fingerprint density at radius 2 is 1.50 bits per heavy atom. The minimum absolute atomic E-state index is 0.0625. The Hall–Kier alpha value is -3.86. The number of para-hydroxylation sites is 3. The van der Waals surface area contributed by atoms with Crippen LogP contribution < -0.4 is 5.56 Å². The van der Waals surface area contributed by atoms with Crippen molar-refractivity contribution in [3.05, 3.63) is 112 Å². The molecule has 0 atom stereocenters. The lowest BCUT2D eigenvalue weighted by atomic mass is 10.0. The number of phenols is 1. The summed E-state index contributed by atoms with van der Waals surface area (Å²) in [6.07, 6.45) is 0. The minimum atomic E-state index is -0.193. The van der Waals surface area contributed by atoms with Crippen molar-refractivity contribution in [2.75, 3.05) is 0 Å². The normalized spacial score (nSPS) is 11.5. The quantitative estimate of drug-likeness (QED) is 0.525. The maximum Gasteiger partial charge on any atom is 0.280 e. The lowest BCUT2D eigenvalue weighted by molar-refractivity contribution is 0.477. The average molecular weight is 369 g/mol. The number of H-pyrrole nitrogens is 1. The van der Waals surface area contributed by atoms with Crippen molar-refractivity contribution in [3.8, 4) is 11.4 Å². The molecule has 0 aliphatic heterocycles. The molecule has 28 heavy (non-hydrogen) atoms. The van der Waals surface area contributed by atoms with Gasteiger partial charge in [0, 0.05) is 11.3 Å². The number of aromatic nitrogens is 2. The Morgan fingerprint density at radius 1 is 0.893 bits per heavy atom. The Bertz CT molecular complexity index is 1190. The summed E-state index contributed by atoms with van der Waals surface area (Å²) < 4.78 is 1.51. The van der Waals surface area contributed by atoms with Crippen LogP contribution in [0.1, 0.15) is 16.8 Å². The molecule has 0 spiro atoms. The van der Waals surface area contributed by atoms with Gasteiger partial charge >= 0.3 is 0 Å². The van der Waals surface area contributed by atoms with Crippen LogP contribution in [0.4, 0.5) is 5.69 Å². The minimum Gasteiger partial charge on any atom is -0.506 e. The summed E-state index contributed by atoms with van der Waals surface area (Å²) in [5, 5.41) is 13.3. The Balaban J connectivity index is 1.96. The molecule has 1 heterocycles. The molecule has 138 valence electrons. The number of benzene rings is 3. The van der Waals surface area contributed by atoms with Crippen LogP contribution in [0.2, 0.25) is 0 Å². The Labute approximate surface area is 162 Å². The van der Waals surface area contributed by atoms with E-state index in [1.165, 1.54) is 4.68 Å². The molecular formula is C23H19N3O2. The zero-order valence-electron chi connectivity index (χ0n) is 15.3. The first kappa shape index (κ1) is 17.5. The third-order valence-corrected chi connectivity index (χ3v) is 4.48. The number of phenolic OH excluding ortho intramolecular Hbond substituents is 1. The van der Waals surface area contributed by atoms with Crippen molar-refractivity contribution in [2.24, 2.45) is 4.99 Å². The van der Waals surface area contributed by atoms with Gasteiger partial charge in [-0.2, -0.15) is 0 Å². The van der Waals surface area contributed by atoms with Gasteiger partial charge < -0.3 is 5.11 Å². The van der Waals surface area contributed by atoms with Crippen molar-refractivity contribution in [2.45, 2.75) is 6.92 Å². The third-order valence-electron chi connectivity index (χ3n) is 4.48. The van der Waals surface area contributed by atoms with E-state index in [4.69, 9.17) is 0 Å². The van der Waals surface area contributed by atoms with Gasteiger partial charge in [0.1, 0.15) is 11.4 Å². The summed E-state index contributed by atoms with van der Waals surface area (Å²) in [4.78, 5) is 17.9. The first-order valence-electron chi connectivity index (χ1n) is 8.94. The third kappa shape index (κ3) is 3.25. The molecule has 0 radical (unpaired) electrons. The summed E-state index contributed by atoms with van der Waals surface area (Å²) in [6.45, 7) is 1.85. The van der Waals surface area contributed by atoms with Gasteiger partial charge in [0.2, 0.25) is 0 Å². The average Bonchev–Trinajstić information content (AvgIpc) is 3.03. The van der Waals surface area contributed by atoms with Crippen LogP contribution in [0.25, 0.3) is 5.69 Å². The van der Waals surface area contributed by atoms with Crippen molar-refractivity contribution in [3.63, 3.8) is 0 Å². The van der Waals surface area contributed by atoms with Crippen molar-refractivity contribution >= 4 is 11.4 Å². The van der Waals surface area contributed by atoms with Crippen molar-refractivity contribution < 1.29 is 5.11 Å². The molecule has 0 aliphatic rings. The summed E-state index contributed by atoms with van der Waals surface area (Å²) in [5.41, 5.74) is 3.44. The van der Waals surface area contributed by atoms with Crippen molar-refractivity contribution in [1.82, 2.24) is 9.78 Å². The Morgan fingerprint density at radius 3 is 2.18 bits per heavy atom. The van der Waals surface area contributed by atoms with Crippen LogP contribution >= 0.6 is 0 Å². The van der Waals surface area contributed by atoms with Crippen LogP contribution in [0.15, 0.2) is 94.7 Å². The summed E-state index contributed by atoms with van der Waals surface area (Å²) in [7, 11) is 0. The highest BCUT2D eigenvalue weighted by Gasteiger charge is 2.20. The van der Waals surface area contributed by atoms with Crippen LogP contribution in [0.5, 0.6) is 5.75 Å². The number of rotatable bonds is 4. The fraction of sp³-hybridized carbons (Fsp3) is 0.0435. The zero-order valence-corrected chi connectivity index (χ0v) is 15.3. The molecule has 0 unspecified atom stereocenters. The molecule has 0 aliphatic carbocycles. The van der Waals surface area contributed by atoms with Gasteiger partial charge in [-0.15, -0.1) is 0 Å². The van der Waals surface area contributed by atoms with E-state index in [2.05, 4.69) is 10.1 Å². The van der Waals surface area contributed by atoms with Crippen LogP contribution in [-0.4, -0.2) is 20.6 Å². The van der Waals surface area contributed by atoms with E-state index >= 15 is 0 Å². The van der Waals surface area contributed by atoms with Gasteiger partial charge in [0.25, 0.3) is 5.56 Å². The summed E-state index contributed by atoms with van der Waals surface area (Å²) in [6, 6.07) is 25.7. The number of hydrogen-bond donors (Lipinski definition) is 2. The van der Waals surface area contributed by atoms with Crippen LogP contribution in [0.3, 0.4) is 0 Å². The second-order valence-corrected chi connectivity index (χ2v) is 6.40. The molecule has 4 aromatic rings. The van der Waals surface area contributed by atoms with Gasteiger partial charge in [-0.25, -0.2) is 9.67 Å². The summed E-state index contributed by atoms with van der Waals surface area (Å²) in [5.74, 6) is 0.0625. The predicted molar refractivity (Wildman–Crippen MR) is 111 cm³/mol. The monoisotopic (exact) mass is 369 g/mol. The topological polar surface area (TPSA) is 70.4 Å². The molecular weight excluding hydrogens is 350 g/mol. The highest BCUT2D eigenvalue weighted by Crippen LogP contribution is 2.27. The molecule has 4 rings (SSSR count). The molecule has 2 N–H and O–H groups in total. The molecule has 0 amide bonds. The van der Waals surface area contributed by atoms with E-state index in [0.717, 1.165) is 11.3 Å². The molecule has 5 heteroatoms. The van der Waals surface area contributed by atoms with Gasteiger partial charge in [-0.05, 0) is 31.2 Å². The standard InChI is InChI=1S/C23H19N3O2/c1-16-21(23(28)26(25-16)18-12-6-3-7-13-18)22(17-10-4-2-5-11-17)24-19-14-8-9-15-20(19)27/h2-15,25,27H,1H3. The largest absolute Gasteiger partial charge is 0.506 e. The van der Waals surface area contributed by atoms with E-state index < -0.39 is 0 Å². The van der Waals surface area contributed by atoms with E-state index in [-0.39, 0.29) is 11.3 Å². The molecule has 5 nitrogen and oxygen atoms in total. The number of aromatic hydroxyl groups is 1. The maximum absolute atomic E-state index is 13.3. The number of aryl methyl sites for hydroxylation is 1. The Kier molecular flexibility index (Phi) is 4.64. The number of nitrogens with one attached hydrogen (secondary N) is 1. The molecule has 3 aromatic carbocycles. The van der Waals surface area contributed by atoms with Gasteiger partial charge in [-0.3, -0.25) is 9.89 Å². The first-order valence-corrected chi connectivity index (χ1v) is 8.94. The fourth-order valence-corrected chi connectivity index (χ4v) is 3.12. The number of nitrogens with zero attached hydrogens (tertiary/aromatic N) is 2. The highest BCUT2D eigenvalue weighted by atomic mass is 16.3. The van der Waals surface area contributed by atoms with Gasteiger partial charge in [-0.1, -0.05) is 60.7 Å². The van der Waals surface area contributed by atoms with Gasteiger partial charge in [0.15, 0.2) is 0 Å². The van der Waals surface area contributed by atoms with E-state index in [1.54, 1.807) is 24.3 Å². The lowest BCUT2D eigenvalue weighted by Crippen LogP contribution is -2.21. The smallest absolute Gasteiger partial charge is 0.280 e. The lowest BCUT2D eigenvalue weighted by Gasteiger charge is -2.07. The predicted octanol–water partition coefficient (Wildman–Crippen LogP) is 4.35. The maximum atomic E-state index is 13.3. The van der Waals surface area contributed by atoms with Crippen LogP contribution in [0, 0.1) is 6.92 Å². The van der Waals surface area contributed by atoms with Crippen LogP contribution in [-0.2, 0) is 0 Å². The summed E-state index contributed by atoms with van der Waals surface area (Å²) >= 11 is 0. The second kappa shape index (κ2) is 7.40. The second-order valence-electron chi connectivity index (χ2n) is 6.40. The molecule has 1 aromatic heterocycles. The SMILES string of the molecule is Cc1[nH]n(-c2ccccc2)c(=O)c1C(=Nc1ccccc1O)c1ccccc1. The first-order chi connectivity index (χ1) is 13.6. The molecule has 0 bridgehead atoms.